The summed E-state index contributed by atoms with van der Waals surface area (Å²) in [7, 11) is 3.29. The first-order valence-corrected chi connectivity index (χ1v) is 11.7. The summed E-state index contributed by atoms with van der Waals surface area (Å²) in [5.41, 5.74) is 1.57. The van der Waals surface area contributed by atoms with Crippen LogP contribution in [0.4, 0.5) is 11.4 Å². The molecule has 2 N–H and O–H groups in total. The maximum absolute atomic E-state index is 12.1. The van der Waals surface area contributed by atoms with Crippen LogP contribution in [0.5, 0.6) is 0 Å². The van der Waals surface area contributed by atoms with Crippen LogP contribution in [-0.2, 0) is 9.59 Å². The van der Waals surface area contributed by atoms with E-state index in [1.807, 2.05) is 97.1 Å². The Morgan fingerprint density at radius 2 is 0.900 bits per heavy atom. The summed E-state index contributed by atoms with van der Waals surface area (Å²) in [4.78, 5) is 26.4. The zero-order chi connectivity index (χ0) is 20.8. The molecule has 0 saturated heterocycles. The van der Waals surface area contributed by atoms with E-state index in [1.165, 1.54) is 0 Å². The first-order chi connectivity index (χ1) is 14.7. The molecule has 0 radical (unpaired) electrons. The van der Waals surface area contributed by atoms with Crippen LogP contribution >= 0.6 is 21.6 Å². The normalized spacial score (nSPS) is 15.1. The number of carbonyl (C=O) groups excluding carboxylic acids is 2. The number of nitrogens with one attached hydrogen (secondary N) is 2. The van der Waals surface area contributed by atoms with Gasteiger partial charge in [-0.3, -0.25) is 9.59 Å². The number of anilines is 2. The molecule has 6 heteroatoms. The molecule has 2 aromatic rings. The van der Waals surface area contributed by atoms with Crippen LogP contribution in [0, 0.1) is 11.8 Å². The van der Waals surface area contributed by atoms with Crippen molar-refractivity contribution in [1.82, 2.24) is 0 Å². The van der Waals surface area contributed by atoms with Crippen molar-refractivity contribution in [1.29, 1.82) is 0 Å². The Balaban J connectivity index is 1.26. The van der Waals surface area contributed by atoms with Crippen LogP contribution in [0.15, 0.2) is 107 Å². The number of rotatable bonds is 7. The van der Waals surface area contributed by atoms with E-state index in [2.05, 4.69) is 10.6 Å². The third-order valence-corrected chi connectivity index (χ3v) is 7.00. The van der Waals surface area contributed by atoms with Crippen LogP contribution in [0.1, 0.15) is 0 Å². The molecule has 0 unspecified atom stereocenters. The lowest BCUT2D eigenvalue weighted by molar-refractivity contribution is -0.118. The van der Waals surface area contributed by atoms with E-state index in [9.17, 15) is 9.59 Å². The van der Waals surface area contributed by atoms with E-state index in [1.54, 1.807) is 21.6 Å². The predicted octanol–water partition coefficient (Wildman–Crippen LogP) is 5.85. The van der Waals surface area contributed by atoms with Crippen molar-refractivity contribution in [2.45, 2.75) is 9.79 Å². The van der Waals surface area contributed by atoms with Gasteiger partial charge < -0.3 is 10.6 Å². The summed E-state index contributed by atoms with van der Waals surface area (Å²) in [6.45, 7) is 0. The highest BCUT2D eigenvalue weighted by atomic mass is 33.1. The summed E-state index contributed by atoms with van der Waals surface area (Å²) in [6, 6.07) is 15.6. The lowest BCUT2D eigenvalue weighted by Gasteiger charge is -2.09. The molecule has 2 aromatic carbocycles. The van der Waals surface area contributed by atoms with Crippen molar-refractivity contribution >= 4 is 44.8 Å². The molecule has 4 rings (SSSR count). The van der Waals surface area contributed by atoms with Gasteiger partial charge in [-0.05, 0) is 48.5 Å². The van der Waals surface area contributed by atoms with Crippen LogP contribution < -0.4 is 10.6 Å². The van der Waals surface area contributed by atoms with Gasteiger partial charge in [-0.15, -0.1) is 0 Å². The second-order valence-electron chi connectivity index (χ2n) is 6.79. The Hall–Kier alpha value is -2.96. The van der Waals surface area contributed by atoms with E-state index >= 15 is 0 Å². The van der Waals surface area contributed by atoms with Crippen molar-refractivity contribution in [3.05, 3.63) is 97.1 Å². The Bertz CT molecular complexity index is 928. The molecule has 0 fully saturated rings. The summed E-state index contributed by atoms with van der Waals surface area (Å²) in [5.74, 6) is -0.425. The lowest BCUT2D eigenvalue weighted by Crippen LogP contribution is -2.18. The number of hydrogen-bond donors (Lipinski definition) is 2. The number of amides is 2. The molecule has 2 aliphatic carbocycles. The first-order valence-electron chi connectivity index (χ1n) is 9.54. The van der Waals surface area contributed by atoms with Crippen molar-refractivity contribution < 1.29 is 9.59 Å². The molecule has 0 atom stereocenters. The van der Waals surface area contributed by atoms with Crippen LogP contribution in [0.3, 0.4) is 0 Å². The summed E-state index contributed by atoms with van der Waals surface area (Å²) in [5, 5.41) is 5.85. The standard InChI is InChI=1S/C24H20N2O2S2/c27-23(17-5-1-2-6-17)25-19-9-13-21(14-10-19)29-30-22-15-11-20(12-16-22)26-24(28)18-7-3-4-8-18/h1-18H,(H,25,27)(H,26,28). The number of hydrogen-bond acceptors (Lipinski definition) is 4. The highest BCUT2D eigenvalue weighted by molar-refractivity contribution is 8.76. The van der Waals surface area contributed by atoms with Gasteiger partial charge in [-0.25, -0.2) is 0 Å². The smallest absolute Gasteiger partial charge is 0.235 e. The minimum absolute atomic E-state index is 0.0260. The molecule has 30 heavy (non-hydrogen) atoms. The van der Waals surface area contributed by atoms with E-state index in [0.29, 0.717) is 0 Å². The molecular weight excluding hydrogens is 412 g/mol. The number of benzene rings is 2. The molecule has 0 aliphatic heterocycles. The van der Waals surface area contributed by atoms with Gasteiger partial charge in [-0.1, -0.05) is 70.2 Å². The van der Waals surface area contributed by atoms with Crippen molar-refractivity contribution in [2.75, 3.05) is 10.6 Å². The third kappa shape index (κ3) is 5.34. The van der Waals surface area contributed by atoms with E-state index in [-0.39, 0.29) is 23.7 Å². The Kier molecular flexibility index (Phi) is 6.57. The largest absolute Gasteiger partial charge is 0.325 e. The monoisotopic (exact) mass is 432 g/mol. The fourth-order valence-electron chi connectivity index (χ4n) is 2.95. The molecule has 150 valence electrons. The fourth-order valence-corrected chi connectivity index (χ4v) is 4.88. The van der Waals surface area contributed by atoms with Crippen molar-refractivity contribution in [2.24, 2.45) is 11.8 Å². The molecule has 2 amide bonds. The topological polar surface area (TPSA) is 58.2 Å². The Morgan fingerprint density at radius 3 is 1.23 bits per heavy atom. The average Bonchev–Trinajstić information content (AvgIpc) is 3.48. The summed E-state index contributed by atoms with van der Waals surface area (Å²) >= 11 is 0. The van der Waals surface area contributed by atoms with Gasteiger partial charge in [-0.2, -0.15) is 0 Å². The van der Waals surface area contributed by atoms with Crippen molar-refractivity contribution in [3.63, 3.8) is 0 Å². The molecule has 4 nitrogen and oxygen atoms in total. The summed E-state index contributed by atoms with van der Waals surface area (Å²) < 4.78 is 0. The minimum atomic E-state index is -0.187. The molecule has 0 heterocycles. The SMILES string of the molecule is O=C(Nc1ccc(SSc2ccc(NC(=O)C3C=CC=C3)cc2)cc1)C1C=CC=C1. The van der Waals surface area contributed by atoms with Gasteiger partial charge in [0.15, 0.2) is 0 Å². The van der Waals surface area contributed by atoms with Gasteiger partial charge >= 0.3 is 0 Å². The molecule has 0 saturated carbocycles. The number of allylic oxidation sites excluding steroid dienone is 4. The second-order valence-corrected chi connectivity index (χ2v) is 9.06. The maximum Gasteiger partial charge on any atom is 0.235 e. The van der Waals surface area contributed by atoms with E-state index < -0.39 is 0 Å². The van der Waals surface area contributed by atoms with Crippen LogP contribution in [-0.4, -0.2) is 11.8 Å². The van der Waals surface area contributed by atoms with Gasteiger partial charge in [0.05, 0.1) is 11.8 Å². The molecular formula is C24H20N2O2S2. The van der Waals surface area contributed by atoms with E-state index in [0.717, 1.165) is 21.2 Å². The first kappa shape index (κ1) is 20.3. The minimum Gasteiger partial charge on any atom is -0.325 e. The highest BCUT2D eigenvalue weighted by Crippen LogP contribution is 2.38. The molecule has 2 aliphatic rings. The highest BCUT2D eigenvalue weighted by Gasteiger charge is 2.15. The maximum atomic E-state index is 12.1. The average molecular weight is 433 g/mol. The van der Waals surface area contributed by atoms with Gasteiger partial charge in [0.2, 0.25) is 11.8 Å². The predicted molar refractivity (Wildman–Crippen MR) is 125 cm³/mol. The van der Waals surface area contributed by atoms with Crippen LogP contribution in [0.2, 0.25) is 0 Å². The fraction of sp³-hybridized carbons (Fsp3) is 0.0833. The third-order valence-electron chi connectivity index (χ3n) is 4.58. The lowest BCUT2D eigenvalue weighted by atomic mass is 10.1. The van der Waals surface area contributed by atoms with Gasteiger partial charge in [0.25, 0.3) is 0 Å². The zero-order valence-electron chi connectivity index (χ0n) is 16.0. The number of carbonyl (C=O) groups is 2. The molecule has 0 aromatic heterocycles. The van der Waals surface area contributed by atoms with Crippen LogP contribution in [0.25, 0.3) is 0 Å². The quantitative estimate of drug-likeness (QED) is 0.539. The molecule has 0 spiro atoms. The van der Waals surface area contributed by atoms with Gasteiger partial charge in [0, 0.05) is 21.2 Å². The Morgan fingerprint density at radius 1 is 0.567 bits per heavy atom. The molecule has 0 bridgehead atoms. The van der Waals surface area contributed by atoms with Crippen molar-refractivity contribution in [3.8, 4) is 0 Å². The Labute approximate surface area is 183 Å². The second kappa shape index (κ2) is 9.69. The summed E-state index contributed by atoms with van der Waals surface area (Å²) in [6.07, 6.45) is 15.0. The van der Waals surface area contributed by atoms with E-state index in [4.69, 9.17) is 0 Å². The van der Waals surface area contributed by atoms with Gasteiger partial charge in [0.1, 0.15) is 0 Å². The zero-order valence-corrected chi connectivity index (χ0v) is 17.7.